The van der Waals surface area contributed by atoms with Crippen LogP contribution in [-0.2, 0) is 32.6 Å². The molecule has 0 aromatic heterocycles. The quantitative estimate of drug-likeness (QED) is 0.140. The Balaban J connectivity index is 1.80. The summed E-state index contributed by atoms with van der Waals surface area (Å²) >= 11 is 18.8. The van der Waals surface area contributed by atoms with Gasteiger partial charge in [-0.3, -0.25) is 13.9 Å². The van der Waals surface area contributed by atoms with Gasteiger partial charge in [0.2, 0.25) is 11.8 Å². The Bertz CT molecular complexity index is 1710. The highest BCUT2D eigenvalue weighted by Crippen LogP contribution is 2.28. The number of halogens is 3. The number of nitrogens with zero attached hydrogens (tertiary/aromatic N) is 2. The van der Waals surface area contributed by atoms with E-state index < -0.39 is 28.5 Å². The topological polar surface area (TPSA) is 86.8 Å². The van der Waals surface area contributed by atoms with E-state index in [1.807, 2.05) is 37.3 Å². The van der Waals surface area contributed by atoms with Gasteiger partial charge >= 0.3 is 0 Å². The van der Waals surface area contributed by atoms with Gasteiger partial charge in [-0.1, -0.05) is 109 Å². The van der Waals surface area contributed by atoms with E-state index in [1.165, 1.54) is 23.1 Å². The summed E-state index contributed by atoms with van der Waals surface area (Å²) in [4.78, 5) is 29.7. The van der Waals surface area contributed by atoms with Crippen molar-refractivity contribution in [1.82, 2.24) is 10.2 Å². The average molecular weight is 687 g/mol. The number of carbonyl (C=O) groups excluding carboxylic acids is 2. The molecule has 0 aliphatic carbocycles. The van der Waals surface area contributed by atoms with Crippen LogP contribution in [0.3, 0.4) is 0 Å². The molecule has 0 fully saturated rings. The van der Waals surface area contributed by atoms with Crippen LogP contribution in [0.15, 0.2) is 108 Å². The summed E-state index contributed by atoms with van der Waals surface area (Å²) in [5.41, 5.74) is 1.67. The van der Waals surface area contributed by atoms with Gasteiger partial charge in [-0.2, -0.15) is 0 Å². The lowest BCUT2D eigenvalue weighted by Gasteiger charge is -2.34. The summed E-state index contributed by atoms with van der Waals surface area (Å²) in [6.45, 7) is 1.84. The van der Waals surface area contributed by atoms with Crippen molar-refractivity contribution in [2.75, 3.05) is 17.4 Å². The smallest absolute Gasteiger partial charge is 0.264 e. The second-order valence-electron chi connectivity index (χ2n) is 10.4. The largest absolute Gasteiger partial charge is 0.354 e. The van der Waals surface area contributed by atoms with Crippen LogP contribution in [0.25, 0.3) is 0 Å². The molecule has 0 unspecified atom stereocenters. The number of carbonyl (C=O) groups is 2. The van der Waals surface area contributed by atoms with Gasteiger partial charge in [-0.15, -0.1) is 0 Å². The standard InChI is InChI=1S/C34H34Cl3N3O4S/c1-2-3-19-38-34(42)32(21-25-11-6-4-7-12-25)39(23-26-17-18-30(36)31(37)20-26)33(41)24-40(28-14-10-13-27(35)22-28)45(43,44)29-15-8-5-9-16-29/h4-18,20,22,32H,2-3,19,21,23-24H2,1H3,(H,38,42)/t32-/m0/s1. The fourth-order valence-corrected chi connectivity index (χ4v) is 6.71. The van der Waals surface area contributed by atoms with Crippen molar-refractivity contribution < 1.29 is 18.0 Å². The van der Waals surface area contributed by atoms with Crippen LogP contribution in [0.1, 0.15) is 30.9 Å². The molecule has 0 spiro atoms. The zero-order chi connectivity index (χ0) is 32.4. The van der Waals surface area contributed by atoms with Crippen molar-refractivity contribution in [2.45, 2.75) is 43.7 Å². The SMILES string of the molecule is CCCCNC(=O)[C@H](Cc1ccccc1)N(Cc1ccc(Cl)c(Cl)c1)C(=O)CN(c1cccc(Cl)c1)S(=O)(=O)c1ccccc1. The maximum Gasteiger partial charge on any atom is 0.264 e. The van der Waals surface area contributed by atoms with Gasteiger partial charge in [0.15, 0.2) is 0 Å². The first-order chi connectivity index (χ1) is 21.6. The maximum atomic E-state index is 14.5. The molecule has 2 amide bonds. The summed E-state index contributed by atoms with van der Waals surface area (Å²) in [5.74, 6) is -0.937. The van der Waals surface area contributed by atoms with Gasteiger partial charge in [-0.25, -0.2) is 8.42 Å². The van der Waals surface area contributed by atoms with E-state index in [2.05, 4.69) is 5.32 Å². The Morgan fingerprint density at radius 1 is 0.800 bits per heavy atom. The molecule has 4 aromatic carbocycles. The second-order valence-corrected chi connectivity index (χ2v) is 13.5. The molecule has 7 nitrogen and oxygen atoms in total. The van der Waals surface area contributed by atoms with Crippen LogP contribution in [0.4, 0.5) is 5.69 Å². The molecule has 0 bridgehead atoms. The zero-order valence-electron chi connectivity index (χ0n) is 24.7. The van der Waals surface area contributed by atoms with E-state index in [-0.39, 0.29) is 29.5 Å². The van der Waals surface area contributed by atoms with Crippen molar-refractivity contribution in [3.63, 3.8) is 0 Å². The van der Waals surface area contributed by atoms with Gasteiger partial charge in [0.1, 0.15) is 12.6 Å². The van der Waals surface area contributed by atoms with Gasteiger partial charge in [0.05, 0.1) is 20.6 Å². The molecule has 11 heteroatoms. The first kappa shape index (κ1) is 34.3. The molecule has 0 radical (unpaired) electrons. The van der Waals surface area contributed by atoms with Gasteiger partial charge in [0.25, 0.3) is 10.0 Å². The third-order valence-corrected chi connectivity index (χ3v) is 9.91. The third kappa shape index (κ3) is 9.23. The minimum Gasteiger partial charge on any atom is -0.354 e. The highest BCUT2D eigenvalue weighted by atomic mass is 35.5. The summed E-state index contributed by atoms with van der Waals surface area (Å²) in [6.07, 6.45) is 1.85. The number of hydrogen-bond donors (Lipinski definition) is 1. The molecule has 45 heavy (non-hydrogen) atoms. The molecule has 4 aromatic rings. The number of rotatable bonds is 14. The number of nitrogens with one attached hydrogen (secondary N) is 1. The van der Waals surface area contributed by atoms with E-state index in [0.717, 1.165) is 22.7 Å². The van der Waals surface area contributed by atoms with Crippen molar-refractivity contribution >= 4 is 62.3 Å². The van der Waals surface area contributed by atoms with Crippen LogP contribution in [-0.4, -0.2) is 44.3 Å². The molecule has 0 saturated carbocycles. The van der Waals surface area contributed by atoms with Gasteiger partial charge < -0.3 is 10.2 Å². The average Bonchev–Trinajstić information content (AvgIpc) is 3.04. The summed E-state index contributed by atoms with van der Waals surface area (Å²) in [5, 5.41) is 3.91. The number of benzene rings is 4. The Kier molecular flexibility index (Phi) is 12.3. The summed E-state index contributed by atoms with van der Waals surface area (Å²) in [6, 6.07) is 27.5. The summed E-state index contributed by atoms with van der Waals surface area (Å²) in [7, 11) is -4.22. The van der Waals surface area contributed by atoms with Crippen molar-refractivity contribution in [3.8, 4) is 0 Å². The van der Waals surface area contributed by atoms with E-state index in [1.54, 1.807) is 54.6 Å². The Hall–Kier alpha value is -3.56. The van der Waals surface area contributed by atoms with Crippen LogP contribution in [0.5, 0.6) is 0 Å². The van der Waals surface area contributed by atoms with Crippen LogP contribution in [0, 0.1) is 0 Å². The lowest BCUT2D eigenvalue weighted by Crippen LogP contribution is -2.53. The fraction of sp³-hybridized carbons (Fsp3) is 0.235. The van der Waals surface area contributed by atoms with E-state index in [4.69, 9.17) is 34.8 Å². The van der Waals surface area contributed by atoms with Crippen LogP contribution in [0.2, 0.25) is 15.1 Å². The Morgan fingerprint density at radius 3 is 2.13 bits per heavy atom. The third-order valence-electron chi connectivity index (χ3n) is 7.14. The highest BCUT2D eigenvalue weighted by molar-refractivity contribution is 7.92. The van der Waals surface area contributed by atoms with Gasteiger partial charge in [-0.05, 0) is 60.0 Å². The minimum absolute atomic E-state index is 0.00644. The lowest BCUT2D eigenvalue weighted by atomic mass is 10.0. The number of amides is 2. The van der Waals surface area contributed by atoms with E-state index >= 15 is 0 Å². The molecule has 1 N–H and O–H groups in total. The number of hydrogen-bond acceptors (Lipinski definition) is 4. The molecule has 236 valence electrons. The molecule has 4 rings (SSSR count). The van der Waals surface area contributed by atoms with Crippen molar-refractivity contribution in [2.24, 2.45) is 0 Å². The molecule has 0 saturated heterocycles. The minimum atomic E-state index is -4.22. The van der Waals surface area contributed by atoms with Gasteiger partial charge in [0, 0.05) is 24.5 Å². The molecule has 1 atom stereocenters. The Morgan fingerprint density at radius 2 is 1.49 bits per heavy atom. The number of unbranched alkanes of at least 4 members (excludes halogenated alkanes) is 1. The van der Waals surface area contributed by atoms with E-state index in [9.17, 15) is 18.0 Å². The van der Waals surface area contributed by atoms with Crippen molar-refractivity contribution in [3.05, 3.63) is 129 Å². The fourth-order valence-electron chi connectivity index (χ4n) is 4.77. The van der Waals surface area contributed by atoms with Crippen molar-refractivity contribution in [1.29, 1.82) is 0 Å². The monoisotopic (exact) mass is 685 g/mol. The molecule has 0 aliphatic heterocycles. The molecule has 0 heterocycles. The van der Waals surface area contributed by atoms with E-state index in [0.29, 0.717) is 27.2 Å². The summed E-state index contributed by atoms with van der Waals surface area (Å²) < 4.78 is 29.0. The van der Waals surface area contributed by atoms with Crippen LogP contribution >= 0.6 is 34.8 Å². The number of anilines is 1. The first-order valence-corrected chi connectivity index (χ1v) is 17.1. The number of sulfonamides is 1. The predicted molar refractivity (Wildman–Crippen MR) is 181 cm³/mol. The second kappa shape index (κ2) is 16.1. The molecule has 0 aliphatic rings. The molecular formula is C34H34Cl3N3O4S. The highest BCUT2D eigenvalue weighted by Gasteiger charge is 2.34. The lowest BCUT2D eigenvalue weighted by molar-refractivity contribution is -0.140. The first-order valence-electron chi connectivity index (χ1n) is 14.5. The molecular weight excluding hydrogens is 653 g/mol. The predicted octanol–water partition coefficient (Wildman–Crippen LogP) is 7.40. The normalized spacial score (nSPS) is 11.9. The maximum absolute atomic E-state index is 14.5. The van der Waals surface area contributed by atoms with Crippen LogP contribution < -0.4 is 9.62 Å². The Labute approximate surface area is 279 Å². The zero-order valence-corrected chi connectivity index (χ0v) is 27.8.